The second kappa shape index (κ2) is 8.41. The highest BCUT2D eigenvalue weighted by Gasteiger charge is 2.55. The summed E-state index contributed by atoms with van der Waals surface area (Å²) >= 11 is 5.79. The average Bonchev–Trinajstić information content (AvgIpc) is 2.63. The molecule has 0 saturated carbocycles. The number of nitrogens with zero attached hydrogens (tertiary/aromatic N) is 1. The first kappa shape index (κ1) is 21.4. The van der Waals surface area contributed by atoms with Gasteiger partial charge in [-0.2, -0.15) is 13.2 Å². The van der Waals surface area contributed by atoms with E-state index in [2.05, 4.69) is 4.98 Å². The molecular formula is C18H19ClF4N2O2. The summed E-state index contributed by atoms with van der Waals surface area (Å²) in [7, 11) is 1.34. The summed E-state index contributed by atoms with van der Waals surface area (Å²) in [5.41, 5.74) is 3.18. The van der Waals surface area contributed by atoms with Crippen LogP contribution in [0.5, 0.6) is 5.75 Å². The molecule has 0 spiro atoms. The zero-order chi connectivity index (χ0) is 20.2. The number of aliphatic hydroxyl groups is 1. The Hall–Kier alpha value is -1.90. The molecule has 0 radical (unpaired) electrons. The lowest BCUT2D eigenvalue weighted by molar-refractivity contribution is -0.191. The topological polar surface area (TPSA) is 68.4 Å². The number of ether oxygens (including phenoxy) is 1. The van der Waals surface area contributed by atoms with Crippen molar-refractivity contribution in [2.45, 2.75) is 24.4 Å². The molecule has 0 fully saturated rings. The lowest BCUT2D eigenvalue weighted by Crippen LogP contribution is -2.49. The Balaban J connectivity index is 2.67. The largest absolute Gasteiger partial charge is 0.494 e. The highest BCUT2D eigenvalue weighted by atomic mass is 35.5. The molecule has 2 aromatic rings. The van der Waals surface area contributed by atoms with E-state index in [1.807, 2.05) is 0 Å². The molecule has 3 N–H and O–H groups in total. The number of aliphatic hydroxyl groups excluding tert-OH is 1. The number of benzene rings is 1. The van der Waals surface area contributed by atoms with Crippen molar-refractivity contribution in [3.05, 3.63) is 46.9 Å². The van der Waals surface area contributed by atoms with Crippen LogP contribution in [0.1, 0.15) is 18.5 Å². The summed E-state index contributed by atoms with van der Waals surface area (Å²) in [6, 6.07) is 6.25. The number of nitrogens with two attached hydrogens (primary N) is 1. The minimum atomic E-state index is -4.68. The molecule has 1 aromatic heterocycles. The van der Waals surface area contributed by atoms with Crippen molar-refractivity contribution >= 4 is 11.6 Å². The van der Waals surface area contributed by atoms with Crippen molar-refractivity contribution in [3.63, 3.8) is 0 Å². The fourth-order valence-corrected chi connectivity index (χ4v) is 3.03. The van der Waals surface area contributed by atoms with Crippen LogP contribution in [-0.4, -0.2) is 36.5 Å². The lowest BCUT2D eigenvalue weighted by atomic mass is 9.78. The second-order valence-electron chi connectivity index (χ2n) is 5.99. The van der Waals surface area contributed by atoms with Gasteiger partial charge in [0, 0.05) is 18.7 Å². The average molecular weight is 407 g/mol. The molecule has 1 heterocycles. The molecule has 0 bridgehead atoms. The number of methoxy groups -OCH3 is 1. The van der Waals surface area contributed by atoms with Gasteiger partial charge in [0.05, 0.1) is 17.8 Å². The van der Waals surface area contributed by atoms with Gasteiger partial charge < -0.3 is 15.6 Å². The summed E-state index contributed by atoms with van der Waals surface area (Å²) < 4.78 is 60.4. The molecule has 0 aliphatic heterocycles. The monoisotopic (exact) mass is 406 g/mol. The fourth-order valence-electron chi connectivity index (χ4n) is 2.85. The van der Waals surface area contributed by atoms with Crippen molar-refractivity contribution in [1.82, 2.24) is 4.98 Å². The van der Waals surface area contributed by atoms with E-state index >= 15 is 0 Å². The smallest absolute Gasteiger partial charge is 0.401 e. The van der Waals surface area contributed by atoms with Gasteiger partial charge in [0.25, 0.3) is 0 Å². The Morgan fingerprint density at radius 2 is 1.93 bits per heavy atom. The molecule has 1 aromatic carbocycles. The van der Waals surface area contributed by atoms with Crippen molar-refractivity contribution in [2.75, 3.05) is 20.3 Å². The third kappa shape index (κ3) is 4.17. The summed E-state index contributed by atoms with van der Waals surface area (Å²) in [4.78, 5) is 4.16. The third-order valence-corrected chi connectivity index (χ3v) is 4.70. The summed E-state index contributed by atoms with van der Waals surface area (Å²) in [5.74, 6) is -0.457. The molecule has 1 atom stereocenters. The first-order valence-corrected chi connectivity index (χ1v) is 8.46. The Morgan fingerprint density at radius 3 is 2.44 bits per heavy atom. The van der Waals surface area contributed by atoms with E-state index < -0.39 is 37.0 Å². The molecule has 0 saturated heterocycles. The van der Waals surface area contributed by atoms with E-state index in [1.165, 1.54) is 31.4 Å². The summed E-state index contributed by atoms with van der Waals surface area (Å²) in [6.45, 7) is -1.14. The first-order valence-electron chi connectivity index (χ1n) is 8.08. The maximum absolute atomic E-state index is 13.9. The minimum Gasteiger partial charge on any atom is -0.494 e. The van der Waals surface area contributed by atoms with Gasteiger partial charge in [-0.25, -0.2) is 9.37 Å². The van der Waals surface area contributed by atoms with E-state index in [0.29, 0.717) is 5.56 Å². The highest BCUT2D eigenvalue weighted by molar-refractivity contribution is 6.31. The van der Waals surface area contributed by atoms with E-state index in [1.54, 1.807) is 0 Å². The lowest BCUT2D eigenvalue weighted by Gasteiger charge is -2.34. The van der Waals surface area contributed by atoms with Crippen LogP contribution in [0.15, 0.2) is 30.3 Å². The zero-order valence-electron chi connectivity index (χ0n) is 14.5. The molecule has 148 valence electrons. The Labute approximate surface area is 158 Å². The van der Waals surface area contributed by atoms with Gasteiger partial charge in [-0.3, -0.25) is 0 Å². The number of aromatic nitrogens is 1. The van der Waals surface area contributed by atoms with Crippen molar-refractivity contribution in [1.29, 1.82) is 0 Å². The van der Waals surface area contributed by atoms with Crippen molar-refractivity contribution in [2.24, 2.45) is 5.73 Å². The van der Waals surface area contributed by atoms with Crippen LogP contribution in [0.3, 0.4) is 0 Å². The number of hydrogen-bond acceptors (Lipinski definition) is 4. The molecular weight excluding hydrogens is 388 g/mol. The van der Waals surface area contributed by atoms with Crippen LogP contribution in [0, 0.1) is 5.82 Å². The van der Waals surface area contributed by atoms with Gasteiger partial charge in [-0.15, -0.1) is 0 Å². The van der Waals surface area contributed by atoms with Gasteiger partial charge in [0.2, 0.25) is 0 Å². The van der Waals surface area contributed by atoms with E-state index in [0.717, 1.165) is 6.07 Å². The van der Waals surface area contributed by atoms with Crippen LogP contribution in [0.2, 0.25) is 5.02 Å². The van der Waals surface area contributed by atoms with Crippen LogP contribution in [-0.2, 0) is 5.41 Å². The normalized spacial score (nSPS) is 14.1. The molecule has 9 heteroatoms. The van der Waals surface area contributed by atoms with Gasteiger partial charge >= 0.3 is 6.18 Å². The highest BCUT2D eigenvalue weighted by Crippen LogP contribution is 2.44. The predicted molar refractivity (Wildman–Crippen MR) is 94.3 cm³/mol. The van der Waals surface area contributed by atoms with Crippen molar-refractivity contribution in [3.8, 4) is 17.0 Å². The van der Waals surface area contributed by atoms with Gasteiger partial charge in [-0.1, -0.05) is 11.6 Å². The molecule has 0 amide bonds. The van der Waals surface area contributed by atoms with Crippen LogP contribution < -0.4 is 10.5 Å². The summed E-state index contributed by atoms with van der Waals surface area (Å²) in [5, 5.41) is 8.82. The van der Waals surface area contributed by atoms with Crippen LogP contribution in [0.25, 0.3) is 11.3 Å². The fraction of sp³-hybridized carbons (Fsp3) is 0.389. The standard InChI is InChI=1S/C18H19ClF4N2O2/c1-27-14-5-6-15(17(10-24,7-2-8-26)18(21,22)23)25-16(14)11-3-4-13(20)12(19)9-11/h3-6,9,26H,2,7-8,10,24H2,1H3. The maximum atomic E-state index is 13.9. The Bertz CT molecular complexity index is 801. The molecule has 0 aliphatic rings. The number of alkyl halides is 3. The SMILES string of the molecule is COc1ccc(C(CN)(CCCO)C(F)(F)F)nc1-c1ccc(F)c(Cl)c1. The van der Waals surface area contributed by atoms with Crippen molar-refractivity contribution < 1.29 is 27.4 Å². The molecule has 0 aliphatic carbocycles. The van der Waals surface area contributed by atoms with E-state index in [9.17, 15) is 17.6 Å². The molecule has 1 unspecified atom stereocenters. The predicted octanol–water partition coefficient (Wildman–Crippen LogP) is 4.08. The number of hydrogen-bond donors (Lipinski definition) is 2. The summed E-state index contributed by atoms with van der Waals surface area (Å²) in [6.07, 6.45) is -5.20. The first-order chi connectivity index (χ1) is 12.7. The third-order valence-electron chi connectivity index (χ3n) is 4.41. The quantitative estimate of drug-likeness (QED) is 0.680. The number of halogens is 5. The van der Waals surface area contributed by atoms with E-state index in [-0.39, 0.29) is 28.6 Å². The van der Waals surface area contributed by atoms with Gasteiger partial charge in [0.15, 0.2) is 0 Å². The Morgan fingerprint density at radius 1 is 1.22 bits per heavy atom. The van der Waals surface area contributed by atoms with E-state index in [4.69, 9.17) is 27.2 Å². The maximum Gasteiger partial charge on any atom is 0.401 e. The van der Waals surface area contributed by atoms with Gasteiger partial charge in [-0.05, 0) is 43.2 Å². The van der Waals surface area contributed by atoms with Crippen LogP contribution >= 0.6 is 11.6 Å². The molecule has 4 nitrogen and oxygen atoms in total. The zero-order valence-corrected chi connectivity index (χ0v) is 15.2. The molecule has 27 heavy (non-hydrogen) atoms. The number of pyridine rings is 1. The minimum absolute atomic E-state index is 0.0861. The van der Waals surface area contributed by atoms with Gasteiger partial charge in [0.1, 0.15) is 22.7 Å². The Kier molecular flexibility index (Phi) is 6.67. The molecule has 2 rings (SSSR count). The van der Waals surface area contributed by atoms with Crippen LogP contribution in [0.4, 0.5) is 17.6 Å². The number of rotatable bonds is 7. The second-order valence-corrected chi connectivity index (χ2v) is 6.39.